The first kappa shape index (κ1) is 74.8. The lowest BCUT2D eigenvalue weighted by atomic mass is 10.0. The normalized spacial score (nSPS) is 12.9. The number of allylic oxidation sites excluding steroid dienone is 20. The van der Waals surface area contributed by atoms with E-state index in [2.05, 4.69) is 142 Å². The highest BCUT2D eigenvalue weighted by molar-refractivity contribution is 5.71. The molecule has 0 saturated heterocycles. The molecule has 6 nitrogen and oxygen atoms in total. The van der Waals surface area contributed by atoms with Crippen LogP contribution in [-0.4, -0.2) is 37.2 Å². The SMILES string of the molecule is CC/C=C\C/C=C\C/C=C\C/C=C\C/C=C\C/C=C\C/C=C\C/C=C\C/C=C\CCCC(=O)OCC(COC(=O)CCCCCCCCCCCCCCCC)OC(=O)CCCCCCCCC/C=C\CCCCCCCCC. The van der Waals surface area contributed by atoms with Crippen molar-refractivity contribution in [2.75, 3.05) is 13.2 Å². The lowest BCUT2D eigenvalue weighted by molar-refractivity contribution is -0.167. The van der Waals surface area contributed by atoms with E-state index < -0.39 is 6.10 Å². The number of esters is 3. The van der Waals surface area contributed by atoms with Crippen molar-refractivity contribution >= 4 is 17.9 Å². The van der Waals surface area contributed by atoms with E-state index in [-0.39, 0.29) is 37.5 Å². The van der Waals surface area contributed by atoms with Crippen molar-refractivity contribution in [3.8, 4) is 0 Å². The van der Waals surface area contributed by atoms with Gasteiger partial charge in [0.1, 0.15) is 13.2 Å². The lowest BCUT2D eigenvalue weighted by Crippen LogP contribution is -2.30. The summed E-state index contributed by atoms with van der Waals surface area (Å²) < 4.78 is 16.9. The molecule has 0 spiro atoms. The Morgan fingerprint density at radius 1 is 0.266 bits per heavy atom. The van der Waals surface area contributed by atoms with Crippen LogP contribution in [0.2, 0.25) is 0 Å². The molecule has 0 aromatic carbocycles. The third-order valence-electron chi connectivity index (χ3n) is 14.0. The smallest absolute Gasteiger partial charge is 0.306 e. The number of rotatable bonds is 59. The van der Waals surface area contributed by atoms with E-state index in [0.717, 1.165) is 103 Å². The molecule has 0 aliphatic heterocycles. The van der Waals surface area contributed by atoms with Gasteiger partial charge >= 0.3 is 17.9 Å². The minimum absolute atomic E-state index is 0.0969. The molecule has 0 aliphatic rings. The number of hydrogen-bond acceptors (Lipinski definition) is 6. The summed E-state index contributed by atoms with van der Waals surface area (Å²) in [5, 5.41) is 0. The maximum absolute atomic E-state index is 12.9. The standard InChI is InChI=1S/C73H122O6/c1-4-7-10-13-16-19-22-25-28-30-32-33-34-35-36-37-38-39-40-41-42-44-45-48-51-54-57-60-63-66-72(75)78-69-70(68-77-71(74)65-62-59-56-53-50-47-27-24-21-18-15-12-9-6-3)79-73(76)67-64-61-58-55-52-49-46-43-31-29-26-23-20-17-14-11-8-5-2/h7,10,16,19,25,28-29,31-33,35-36,38-39,41-42,45,48,54,57,70H,4-6,8-9,11-15,17-18,20-24,26-27,30,34,37,40,43-44,46-47,49-53,55-56,58-69H2,1-3H3/b10-7-,19-16-,28-25-,31-29-,33-32-,36-35-,39-38-,42-41-,48-45-,57-54-. The van der Waals surface area contributed by atoms with Crippen LogP contribution in [-0.2, 0) is 28.6 Å². The van der Waals surface area contributed by atoms with Crippen LogP contribution in [0.25, 0.3) is 0 Å². The van der Waals surface area contributed by atoms with Crippen LogP contribution in [0, 0.1) is 0 Å². The van der Waals surface area contributed by atoms with Gasteiger partial charge in [0.25, 0.3) is 0 Å². The number of ether oxygens (including phenoxy) is 3. The average molecular weight is 1100 g/mol. The molecule has 0 aromatic rings. The molecule has 0 bridgehead atoms. The fourth-order valence-corrected chi connectivity index (χ4v) is 9.03. The minimum atomic E-state index is -0.806. The first-order chi connectivity index (χ1) is 39.0. The molecule has 6 heteroatoms. The molecule has 0 heterocycles. The zero-order valence-corrected chi connectivity index (χ0v) is 51.6. The second kappa shape index (κ2) is 66.3. The van der Waals surface area contributed by atoms with Crippen LogP contribution >= 0.6 is 0 Å². The number of unbranched alkanes of at least 4 members (excludes halogenated alkanes) is 28. The maximum atomic E-state index is 12.9. The van der Waals surface area contributed by atoms with E-state index in [1.807, 2.05) is 0 Å². The van der Waals surface area contributed by atoms with E-state index in [1.54, 1.807) is 0 Å². The highest BCUT2D eigenvalue weighted by Crippen LogP contribution is 2.16. The summed E-state index contributed by atoms with van der Waals surface area (Å²) in [7, 11) is 0. The van der Waals surface area contributed by atoms with Crippen molar-refractivity contribution in [1.82, 2.24) is 0 Å². The molecule has 0 rings (SSSR count). The molecule has 0 saturated carbocycles. The van der Waals surface area contributed by atoms with Crippen LogP contribution in [0.4, 0.5) is 0 Å². The third kappa shape index (κ3) is 64.5. The molecular formula is C73H122O6. The molecule has 79 heavy (non-hydrogen) atoms. The number of carbonyl (C=O) groups excluding carboxylic acids is 3. The van der Waals surface area contributed by atoms with E-state index in [9.17, 15) is 14.4 Å². The van der Waals surface area contributed by atoms with Gasteiger partial charge in [-0.25, -0.2) is 0 Å². The molecule has 0 amide bonds. The van der Waals surface area contributed by atoms with Gasteiger partial charge in [0, 0.05) is 19.3 Å². The molecule has 0 aromatic heterocycles. The fourth-order valence-electron chi connectivity index (χ4n) is 9.03. The average Bonchev–Trinajstić information content (AvgIpc) is 3.45. The maximum Gasteiger partial charge on any atom is 0.306 e. The monoisotopic (exact) mass is 1090 g/mol. The Hall–Kier alpha value is -4.19. The zero-order valence-electron chi connectivity index (χ0n) is 51.6. The number of carbonyl (C=O) groups is 3. The van der Waals surface area contributed by atoms with E-state index >= 15 is 0 Å². The molecule has 0 radical (unpaired) electrons. The van der Waals surface area contributed by atoms with Crippen LogP contribution < -0.4 is 0 Å². The van der Waals surface area contributed by atoms with Gasteiger partial charge in [-0.05, 0) is 109 Å². The highest BCUT2D eigenvalue weighted by Gasteiger charge is 2.19. The van der Waals surface area contributed by atoms with Gasteiger partial charge in [-0.15, -0.1) is 0 Å². The lowest BCUT2D eigenvalue weighted by Gasteiger charge is -2.18. The van der Waals surface area contributed by atoms with E-state index in [1.165, 1.54) is 154 Å². The first-order valence-corrected chi connectivity index (χ1v) is 33.0. The predicted octanol–water partition coefficient (Wildman–Crippen LogP) is 22.8. The van der Waals surface area contributed by atoms with Crippen molar-refractivity contribution in [1.29, 1.82) is 0 Å². The van der Waals surface area contributed by atoms with Gasteiger partial charge < -0.3 is 14.2 Å². The Morgan fingerprint density at radius 3 is 0.835 bits per heavy atom. The van der Waals surface area contributed by atoms with E-state index in [4.69, 9.17) is 14.2 Å². The number of hydrogen-bond donors (Lipinski definition) is 0. The predicted molar refractivity (Wildman–Crippen MR) is 343 cm³/mol. The van der Waals surface area contributed by atoms with Crippen molar-refractivity contribution < 1.29 is 28.6 Å². The Kier molecular flexibility index (Phi) is 62.8. The summed E-state index contributed by atoms with van der Waals surface area (Å²) in [6, 6.07) is 0. The quantitative estimate of drug-likeness (QED) is 0.0261. The largest absolute Gasteiger partial charge is 0.462 e. The van der Waals surface area contributed by atoms with Crippen molar-refractivity contribution in [2.24, 2.45) is 0 Å². The summed E-state index contributed by atoms with van der Waals surface area (Å²) in [5.74, 6) is -0.956. The zero-order chi connectivity index (χ0) is 57.1. The molecule has 450 valence electrons. The third-order valence-corrected chi connectivity index (χ3v) is 14.0. The summed E-state index contributed by atoms with van der Waals surface area (Å²) in [6.45, 7) is 6.50. The minimum Gasteiger partial charge on any atom is -0.462 e. The molecule has 0 aliphatic carbocycles. The van der Waals surface area contributed by atoms with Gasteiger partial charge in [0.05, 0.1) is 0 Å². The van der Waals surface area contributed by atoms with Crippen LogP contribution in [0.1, 0.15) is 303 Å². The molecule has 0 fully saturated rings. The second-order valence-corrected chi connectivity index (χ2v) is 21.6. The van der Waals surface area contributed by atoms with Gasteiger partial charge in [0.15, 0.2) is 6.10 Å². The van der Waals surface area contributed by atoms with Crippen LogP contribution in [0.5, 0.6) is 0 Å². The van der Waals surface area contributed by atoms with Gasteiger partial charge in [0.2, 0.25) is 0 Å². The van der Waals surface area contributed by atoms with E-state index in [0.29, 0.717) is 19.3 Å². The van der Waals surface area contributed by atoms with Crippen molar-refractivity contribution in [3.63, 3.8) is 0 Å². The van der Waals surface area contributed by atoms with Gasteiger partial charge in [-0.3, -0.25) is 14.4 Å². The molecule has 1 atom stereocenters. The summed E-state index contributed by atoms with van der Waals surface area (Å²) in [4.78, 5) is 38.3. The second-order valence-electron chi connectivity index (χ2n) is 21.6. The molecular weight excluding hydrogens is 973 g/mol. The summed E-state index contributed by atoms with van der Waals surface area (Å²) in [5.41, 5.74) is 0. The Morgan fingerprint density at radius 2 is 0.506 bits per heavy atom. The Balaban J connectivity index is 4.44. The fraction of sp³-hybridized carbons (Fsp3) is 0.685. The molecule has 0 N–H and O–H groups in total. The van der Waals surface area contributed by atoms with Crippen molar-refractivity contribution in [3.05, 3.63) is 122 Å². The van der Waals surface area contributed by atoms with Crippen LogP contribution in [0.3, 0.4) is 0 Å². The summed E-state index contributed by atoms with van der Waals surface area (Å²) >= 11 is 0. The molecule has 1 unspecified atom stereocenters. The van der Waals surface area contributed by atoms with Gasteiger partial charge in [-0.1, -0.05) is 296 Å². The first-order valence-electron chi connectivity index (χ1n) is 33.0. The van der Waals surface area contributed by atoms with Crippen molar-refractivity contribution in [2.45, 2.75) is 309 Å². The van der Waals surface area contributed by atoms with Crippen LogP contribution in [0.15, 0.2) is 122 Å². The Bertz CT molecular complexity index is 1640. The Labute approximate surface area is 488 Å². The summed E-state index contributed by atoms with van der Waals surface area (Å²) in [6.07, 6.45) is 92.1. The topological polar surface area (TPSA) is 78.9 Å². The van der Waals surface area contributed by atoms with Gasteiger partial charge in [-0.2, -0.15) is 0 Å². The highest BCUT2D eigenvalue weighted by atomic mass is 16.6.